The molecule has 1 aliphatic heterocycles. The Balaban J connectivity index is 2.10. The number of hydrogen-bond acceptors (Lipinski definition) is 3. The number of amides is 1. The zero-order valence-corrected chi connectivity index (χ0v) is 18.5. The first-order valence-corrected chi connectivity index (χ1v) is 10.5. The molecular formula is C22H21Cl2F3N2O2. The highest BCUT2D eigenvalue weighted by Crippen LogP contribution is 2.50. The molecule has 0 saturated carbocycles. The molecule has 0 aliphatic carbocycles. The van der Waals surface area contributed by atoms with E-state index in [1.165, 1.54) is 24.3 Å². The third kappa shape index (κ3) is 4.39. The second kappa shape index (κ2) is 8.71. The minimum Gasteiger partial charge on any atom is -0.374 e. The van der Waals surface area contributed by atoms with Crippen molar-refractivity contribution in [3.8, 4) is 0 Å². The average molecular weight is 473 g/mol. The molecule has 1 unspecified atom stereocenters. The Morgan fingerprint density at radius 1 is 1.23 bits per heavy atom. The van der Waals surface area contributed by atoms with Gasteiger partial charge in [0.15, 0.2) is 0 Å². The van der Waals surface area contributed by atoms with Crippen molar-refractivity contribution in [2.75, 3.05) is 0 Å². The Labute approximate surface area is 188 Å². The van der Waals surface area contributed by atoms with Crippen molar-refractivity contribution in [1.29, 1.82) is 0 Å². The first kappa shape index (κ1) is 23.4. The largest absolute Gasteiger partial charge is 0.435 e. The SMILES string of the molecule is CCCCc1c(C2=NOC(c3cc(Cl)cc(Cl)c3)(C(F)(F)F)C2)ccc(C(N)=O)c1C. The van der Waals surface area contributed by atoms with Crippen LogP contribution in [-0.2, 0) is 16.9 Å². The van der Waals surface area contributed by atoms with Gasteiger partial charge in [0.25, 0.3) is 5.60 Å². The number of rotatable bonds is 6. The summed E-state index contributed by atoms with van der Waals surface area (Å²) >= 11 is 11.9. The molecule has 166 valence electrons. The van der Waals surface area contributed by atoms with Crippen molar-refractivity contribution in [2.45, 2.75) is 51.3 Å². The van der Waals surface area contributed by atoms with Gasteiger partial charge < -0.3 is 10.6 Å². The molecule has 1 atom stereocenters. The maximum Gasteiger partial charge on any atom is 0.435 e. The van der Waals surface area contributed by atoms with Gasteiger partial charge >= 0.3 is 6.18 Å². The number of carbonyl (C=O) groups excluding carboxylic acids is 1. The van der Waals surface area contributed by atoms with Crippen LogP contribution in [0.25, 0.3) is 0 Å². The third-order valence-electron chi connectivity index (χ3n) is 5.47. The van der Waals surface area contributed by atoms with Crippen LogP contribution in [0.3, 0.4) is 0 Å². The Kier molecular flexibility index (Phi) is 6.58. The van der Waals surface area contributed by atoms with Crippen LogP contribution in [-0.4, -0.2) is 17.8 Å². The number of halogens is 5. The summed E-state index contributed by atoms with van der Waals surface area (Å²) in [5.74, 6) is -0.593. The molecule has 0 bridgehead atoms. The van der Waals surface area contributed by atoms with Gasteiger partial charge in [0.05, 0.1) is 5.71 Å². The molecule has 0 saturated heterocycles. The van der Waals surface area contributed by atoms with E-state index in [1.807, 2.05) is 6.92 Å². The summed E-state index contributed by atoms with van der Waals surface area (Å²) in [4.78, 5) is 16.9. The van der Waals surface area contributed by atoms with Crippen molar-refractivity contribution in [2.24, 2.45) is 10.9 Å². The minimum absolute atomic E-state index is 0.0634. The number of unbranched alkanes of at least 4 members (excludes halogenated alkanes) is 1. The van der Waals surface area contributed by atoms with Crippen LogP contribution in [0, 0.1) is 6.92 Å². The van der Waals surface area contributed by atoms with E-state index >= 15 is 0 Å². The van der Waals surface area contributed by atoms with E-state index in [-0.39, 0.29) is 21.3 Å². The normalized spacial score (nSPS) is 18.6. The van der Waals surface area contributed by atoms with Gasteiger partial charge in [-0.15, -0.1) is 0 Å². The molecule has 0 aromatic heterocycles. The highest BCUT2D eigenvalue weighted by atomic mass is 35.5. The number of primary amides is 1. The van der Waals surface area contributed by atoms with Gasteiger partial charge in [-0.05, 0) is 55.2 Å². The predicted molar refractivity (Wildman–Crippen MR) is 115 cm³/mol. The maximum absolute atomic E-state index is 14.3. The molecule has 31 heavy (non-hydrogen) atoms. The summed E-state index contributed by atoms with van der Waals surface area (Å²) in [5, 5.41) is 3.97. The number of nitrogens with two attached hydrogens (primary N) is 1. The first-order valence-electron chi connectivity index (χ1n) is 9.71. The predicted octanol–water partition coefficient (Wildman–Crippen LogP) is 6.33. The number of nitrogens with zero attached hydrogens (tertiary/aromatic N) is 1. The molecule has 1 amide bonds. The fraction of sp³-hybridized carbons (Fsp3) is 0.364. The summed E-state index contributed by atoms with van der Waals surface area (Å²) in [6.07, 6.45) is -3.10. The van der Waals surface area contributed by atoms with Gasteiger partial charge in [-0.25, -0.2) is 0 Å². The van der Waals surface area contributed by atoms with Gasteiger partial charge in [0, 0.05) is 33.2 Å². The van der Waals surface area contributed by atoms with E-state index in [2.05, 4.69) is 5.16 Å². The fourth-order valence-electron chi connectivity index (χ4n) is 3.81. The number of benzene rings is 2. The molecule has 0 radical (unpaired) electrons. The van der Waals surface area contributed by atoms with Gasteiger partial charge in [-0.2, -0.15) is 13.2 Å². The Bertz CT molecular complexity index is 1030. The standard InChI is InChI=1S/C22H21Cl2F3N2O2/c1-3-4-5-16-12(2)17(20(28)30)6-7-18(16)19-11-21(31-29-19,22(25,26)27)13-8-14(23)10-15(24)9-13/h6-10H,3-5,11H2,1-2H3,(H2,28,30). The quantitative estimate of drug-likeness (QED) is 0.533. The number of oxime groups is 1. The Morgan fingerprint density at radius 2 is 1.87 bits per heavy atom. The molecule has 1 heterocycles. The van der Waals surface area contributed by atoms with Gasteiger partial charge in [-0.1, -0.05) is 47.8 Å². The fourth-order valence-corrected chi connectivity index (χ4v) is 4.33. The third-order valence-corrected chi connectivity index (χ3v) is 5.91. The van der Waals surface area contributed by atoms with Gasteiger partial charge in [0.2, 0.25) is 5.91 Å². The van der Waals surface area contributed by atoms with Gasteiger partial charge in [-0.3, -0.25) is 4.79 Å². The van der Waals surface area contributed by atoms with Crippen LogP contribution in [0.2, 0.25) is 10.0 Å². The molecular weight excluding hydrogens is 452 g/mol. The molecule has 0 spiro atoms. The van der Waals surface area contributed by atoms with Crippen LogP contribution in [0.4, 0.5) is 13.2 Å². The summed E-state index contributed by atoms with van der Waals surface area (Å²) < 4.78 is 42.8. The van der Waals surface area contributed by atoms with Crippen LogP contribution >= 0.6 is 23.2 Å². The molecule has 4 nitrogen and oxygen atoms in total. The molecule has 1 aliphatic rings. The van der Waals surface area contributed by atoms with Gasteiger partial charge in [0.1, 0.15) is 0 Å². The summed E-state index contributed by atoms with van der Waals surface area (Å²) in [6.45, 7) is 3.74. The lowest BCUT2D eigenvalue weighted by atomic mass is 9.83. The number of alkyl halides is 3. The zero-order valence-electron chi connectivity index (χ0n) is 16.9. The van der Waals surface area contributed by atoms with Crippen molar-refractivity contribution in [1.82, 2.24) is 0 Å². The second-order valence-corrected chi connectivity index (χ2v) is 8.39. The Morgan fingerprint density at radius 3 is 2.42 bits per heavy atom. The summed E-state index contributed by atoms with van der Waals surface area (Å²) in [7, 11) is 0. The van der Waals surface area contributed by atoms with E-state index in [4.69, 9.17) is 33.8 Å². The van der Waals surface area contributed by atoms with E-state index in [0.717, 1.165) is 18.4 Å². The molecule has 9 heteroatoms. The lowest BCUT2D eigenvalue weighted by Crippen LogP contribution is -2.42. The number of carbonyl (C=O) groups is 1. The van der Waals surface area contributed by atoms with E-state index in [9.17, 15) is 18.0 Å². The molecule has 2 aromatic carbocycles. The highest BCUT2D eigenvalue weighted by molar-refractivity contribution is 6.34. The van der Waals surface area contributed by atoms with Crippen molar-refractivity contribution < 1.29 is 22.8 Å². The maximum atomic E-state index is 14.3. The van der Waals surface area contributed by atoms with E-state index < -0.39 is 24.1 Å². The van der Waals surface area contributed by atoms with Crippen LogP contribution in [0.1, 0.15) is 58.8 Å². The second-order valence-electron chi connectivity index (χ2n) is 7.52. The lowest BCUT2D eigenvalue weighted by Gasteiger charge is -2.29. The monoisotopic (exact) mass is 472 g/mol. The lowest BCUT2D eigenvalue weighted by molar-refractivity contribution is -0.275. The zero-order chi connectivity index (χ0) is 23.0. The molecule has 2 N–H and O–H groups in total. The topological polar surface area (TPSA) is 64.7 Å². The summed E-state index contributed by atoms with van der Waals surface area (Å²) in [6, 6.07) is 6.80. The van der Waals surface area contributed by atoms with Crippen molar-refractivity contribution in [3.05, 3.63) is 68.2 Å². The van der Waals surface area contributed by atoms with Crippen molar-refractivity contribution >= 4 is 34.8 Å². The van der Waals surface area contributed by atoms with Crippen molar-refractivity contribution in [3.63, 3.8) is 0 Å². The smallest absolute Gasteiger partial charge is 0.374 e. The van der Waals surface area contributed by atoms with E-state index in [1.54, 1.807) is 13.0 Å². The first-order chi connectivity index (χ1) is 14.5. The molecule has 0 fully saturated rings. The minimum atomic E-state index is -4.78. The number of hydrogen-bond donors (Lipinski definition) is 1. The van der Waals surface area contributed by atoms with Crippen LogP contribution in [0.5, 0.6) is 0 Å². The molecule has 3 rings (SSSR count). The average Bonchev–Trinajstić information content (AvgIpc) is 3.12. The Hall–Kier alpha value is -2.25. The van der Waals surface area contributed by atoms with E-state index in [0.29, 0.717) is 23.1 Å². The highest BCUT2D eigenvalue weighted by Gasteiger charge is 2.62. The molecule has 2 aromatic rings. The summed E-state index contributed by atoms with van der Waals surface area (Å²) in [5.41, 5.74) is 4.87. The van der Waals surface area contributed by atoms with Crippen LogP contribution < -0.4 is 5.73 Å². The van der Waals surface area contributed by atoms with Crippen LogP contribution in [0.15, 0.2) is 35.5 Å².